The Morgan fingerprint density at radius 3 is 2.36 bits per heavy atom. The zero-order valence-corrected chi connectivity index (χ0v) is 13.5. The van der Waals surface area contributed by atoms with Gasteiger partial charge in [0.25, 0.3) is 0 Å². The van der Waals surface area contributed by atoms with E-state index in [1.54, 1.807) is 26.0 Å². The maximum Gasteiger partial charge on any atom is 0.338 e. The van der Waals surface area contributed by atoms with Crippen LogP contribution in [-0.4, -0.2) is 36.7 Å². The van der Waals surface area contributed by atoms with Gasteiger partial charge in [-0.15, -0.1) is 0 Å². The van der Waals surface area contributed by atoms with Crippen molar-refractivity contribution >= 4 is 17.6 Å². The van der Waals surface area contributed by atoms with Crippen LogP contribution < -0.4 is 4.90 Å². The van der Waals surface area contributed by atoms with Crippen LogP contribution in [0.25, 0.3) is 0 Å². The van der Waals surface area contributed by atoms with Crippen molar-refractivity contribution in [2.24, 2.45) is 5.92 Å². The lowest BCUT2D eigenvalue weighted by Gasteiger charge is -2.26. The molecule has 0 heterocycles. The van der Waals surface area contributed by atoms with Crippen LogP contribution in [0, 0.1) is 5.92 Å². The van der Waals surface area contributed by atoms with Crippen molar-refractivity contribution in [3.8, 4) is 0 Å². The molecule has 1 unspecified atom stereocenters. The number of carboxylic acids is 1. The third kappa shape index (κ3) is 5.39. The van der Waals surface area contributed by atoms with Crippen molar-refractivity contribution in [3.63, 3.8) is 0 Å². The molecule has 0 aliphatic rings. The van der Waals surface area contributed by atoms with Crippen LogP contribution in [0.5, 0.6) is 0 Å². The molecule has 1 rings (SSSR count). The van der Waals surface area contributed by atoms with Gasteiger partial charge < -0.3 is 14.7 Å². The number of carbonyl (C=O) groups excluding carboxylic acids is 1. The molecule has 0 radical (unpaired) electrons. The lowest BCUT2D eigenvalue weighted by Crippen LogP contribution is -2.32. The van der Waals surface area contributed by atoms with E-state index in [4.69, 9.17) is 9.84 Å². The quantitative estimate of drug-likeness (QED) is 0.710. The highest BCUT2D eigenvalue weighted by atomic mass is 16.5. The fraction of sp³-hybridized carbons (Fsp3) is 0.529. The summed E-state index contributed by atoms with van der Waals surface area (Å²) in [5.74, 6) is -1.58. The Morgan fingerprint density at radius 1 is 1.23 bits per heavy atom. The van der Waals surface area contributed by atoms with Crippen molar-refractivity contribution in [1.82, 2.24) is 0 Å². The molecule has 1 N–H and O–H groups in total. The Balaban J connectivity index is 2.84. The molecule has 0 fully saturated rings. The second-order valence-electron chi connectivity index (χ2n) is 5.31. The summed E-state index contributed by atoms with van der Waals surface area (Å²) >= 11 is 0. The van der Waals surface area contributed by atoms with E-state index in [1.165, 1.54) is 0 Å². The van der Waals surface area contributed by atoms with Crippen LogP contribution in [0.15, 0.2) is 24.3 Å². The predicted octanol–water partition coefficient (Wildman–Crippen LogP) is 3.19. The first kappa shape index (κ1) is 18.0. The second kappa shape index (κ2) is 9.07. The number of unbranched alkanes of at least 4 members (excludes halogenated alkanes) is 1. The minimum absolute atomic E-state index is 0.340. The maximum absolute atomic E-state index is 11.7. The third-order valence-corrected chi connectivity index (χ3v) is 3.44. The Bertz CT molecular complexity index is 484. The average molecular weight is 307 g/mol. The number of rotatable bonds is 9. The number of anilines is 1. The van der Waals surface area contributed by atoms with E-state index in [0.29, 0.717) is 18.7 Å². The Morgan fingerprint density at radius 2 is 1.86 bits per heavy atom. The van der Waals surface area contributed by atoms with E-state index in [0.717, 1.165) is 25.1 Å². The number of carboxylic acid groups (broad SMARTS) is 1. The molecule has 0 saturated heterocycles. The summed E-state index contributed by atoms with van der Waals surface area (Å²) in [4.78, 5) is 24.8. The number of benzene rings is 1. The van der Waals surface area contributed by atoms with Crippen LogP contribution in [-0.2, 0) is 9.53 Å². The highest BCUT2D eigenvalue weighted by Crippen LogP contribution is 2.18. The lowest BCUT2D eigenvalue weighted by atomic mass is 10.1. The molecule has 1 aromatic carbocycles. The van der Waals surface area contributed by atoms with Gasteiger partial charge in [-0.25, -0.2) is 4.79 Å². The van der Waals surface area contributed by atoms with Crippen LogP contribution in [0.1, 0.15) is 44.0 Å². The molecule has 122 valence electrons. The normalized spacial score (nSPS) is 11.8. The highest BCUT2D eigenvalue weighted by Gasteiger charge is 2.17. The van der Waals surface area contributed by atoms with Gasteiger partial charge in [0.15, 0.2) is 0 Å². The Labute approximate surface area is 131 Å². The van der Waals surface area contributed by atoms with Crippen molar-refractivity contribution in [2.45, 2.75) is 33.6 Å². The number of nitrogens with zero attached hydrogens (tertiary/aromatic N) is 1. The first-order valence-electron chi connectivity index (χ1n) is 7.74. The fourth-order valence-corrected chi connectivity index (χ4v) is 2.11. The molecule has 0 aliphatic heterocycles. The monoisotopic (exact) mass is 307 g/mol. The topological polar surface area (TPSA) is 66.8 Å². The minimum Gasteiger partial charge on any atom is -0.481 e. The SMILES string of the molecule is CCCCN(CC(C)C(=O)O)c1ccc(C(=O)OCC)cc1. The summed E-state index contributed by atoms with van der Waals surface area (Å²) in [5.41, 5.74) is 1.43. The van der Waals surface area contributed by atoms with E-state index < -0.39 is 11.9 Å². The van der Waals surface area contributed by atoms with Gasteiger partial charge in [-0.3, -0.25) is 4.79 Å². The van der Waals surface area contributed by atoms with Crippen molar-refractivity contribution in [3.05, 3.63) is 29.8 Å². The fourth-order valence-electron chi connectivity index (χ4n) is 2.11. The van der Waals surface area contributed by atoms with Crippen LogP contribution in [0.2, 0.25) is 0 Å². The summed E-state index contributed by atoms with van der Waals surface area (Å²) in [6, 6.07) is 7.13. The number of carbonyl (C=O) groups is 2. The van der Waals surface area contributed by atoms with Gasteiger partial charge in [0.2, 0.25) is 0 Å². The minimum atomic E-state index is -0.801. The Kier molecular flexibility index (Phi) is 7.43. The van der Waals surface area contributed by atoms with E-state index in [-0.39, 0.29) is 5.97 Å². The molecule has 5 nitrogen and oxygen atoms in total. The smallest absolute Gasteiger partial charge is 0.338 e. The number of aliphatic carboxylic acids is 1. The van der Waals surface area contributed by atoms with E-state index in [1.807, 2.05) is 12.1 Å². The lowest BCUT2D eigenvalue weighted by molar-refractivity contribution is -0.140. The third-order valence-electron chi connectivity index (χ3n) is 3.44. The van der Waals surface area contributed by atoms with Gasteiger partial charge in [0.1, 0.15) is 0 Å². The van der Waals surface area contributed by atoms with Gasteiger partial charge in [0, 0.05) is 18.8 Å². The molecule has 0 aliphatic carbocycles. The van der Waals surface area contributed by atoms with Gasteiger partial charge in [-0.2, -0.15) is 0 Å². The zero-order chi connectivity index (χ0) is 16.5. The first-order chi connectivity index (χ1) is 10.5. The summed E-state index contributed by atoms with van der Waals surface area (Å²) in [7, 11) is 0. The maximum atomic E-state index is 11.7. The van der Waals surface area contributed by atoms with Gasteiger partial charge in [-0.1, -0.05) is 20.3 Å². The molecule has 22 heavy (non-hydrogen) atoms. The largest absolute Gasteiger partial charge is 0.481 e. The molecule has 1 atom stereocenters. The van der Waals surface area contributed by atoms with Crippen LogP contribution in [0.3, 0.4) is 0 Å². The molecular weight excluding hydrogens is 282 g/mol. The Hall–Kier alpha value is -2.04. The molecule has 0 amide bonds. The van der Waals surface area contributed by atoms with E-state index >= 15 is 0 Å². The van der Waals surface area contributed by atoms with Crippen LogP contribution >= 0.6 is 0 Å². The molecule has 0 aromatic heterocycles. The summed E-state index contributed by atoms with van der Waals surface area (Å²) in [5, 5.41) is 9.09. The summed E-state index contributed by atoms with van der Waals surface area (Å²) in [6.45, 7) is 7.17. The molecule has 1 aromatic rings. The van der Waals surface area contributed by atoms with Crippen LogP contribution in [0.4, 0.5) is 5.69 Å². The molecule has 0 spiro atoms. The predicted molar refractivity (Wildman–Crippen MR) is 86.3 cm³/mol. The molecule has 0 saturated carbocycles. The van der Waals surface area contributed by atoms with Gasteiger partial charge >= 0.3 is 11.9 Å². The number of hydrogen-bond acceptors (Lipinski definition) is 4. The number of esters is 1. The molecular formula is C17H25NO4. The summed E-state index contributed by atoms with van der Waals surface area (Å²) < 4.78 is 4.96. The standard InChI is InChI=1S/C17H25NO4/c1-4-6-11-18(12-13(3)16(19)20)15-9-7-14(8-10-15)17(21)22-5-2/h7-10,13H,4-6,11-12H2,1-3H3,(H,19,20). The highest BCUT2D eigenvalue weighted by molar-refractivity contribution is 5.89. The van der Waals surface area contributed by atoms with E-state index in [2.05, 4.69) is 11.8 Å². The van der Waals surface area contributed by atoms with Crippen molar-refractivity contribution in [2.75, 3.05) is 24.6 Å². The molecule has 0 bridgehead atoms. The van der Waals surface area contributed by atoms with Gasteiger partial charge in [-0.05, 0) is 37.6 Å². The van der Waals surface area contributed by atoms with Gasteiger partial charge in [0.05, 0.1) is 18.1 Å². The number of ether oxygens (including phenoxy) is 1. The van der Waals surface area contributed by atoms with Crippen molar-refractivity contribution in [1.29, 1.82) is 0 Å². The van der Waals surface area contributed by atoms with Crippen molar-refractivity contribution < 1.29 is 19.4 Å². The molecule has 5 heteroatoms. The summed E-state index contributed by atoms with van der Waals surface area (Å²) in [6.07, 6.45) is 2.03. The van der Waals surface area contributed by atoms with E-state index in [9.17, 15) is 9.59 Å². The number of hydrogen-bond donors (Lipinski definition) is 1. The zero-order valence-electron chi connectivity index (χ0n) is 13.5. The average Bonchev–Trinajstić information content (AvgIpc) is 2.51. The first-order valence-corrected chi connectivity index (χ1v) is 7.74. The second-order valence-corrected chi connectivity index (χ2v) is 5.31.